The number of hydrogen-bond acceptors (Lipinski definition) is 5. The van der Waals surface area contributed by atoms with Crippen LogP contribution >= 0.6 is 0 Å². The number of ether oxygens (including phenoxy) is 2. The highest BCUT2D eigenvalue weighted by Crippen LogP contribution is 2.33. The molecule has 41 heavy (non-hydrogen) atoms. The Morgan fingerprint density at radius 1 is 0.659 bits per heavy atom. The molecule has 0 saturated carbocycles. The lowest BCUT2D eigenvalue weighted by Gasteiger charge is -2.33. The molecular formula is C34H30N2O5. The van der Waals surface area contributed by atoms with E-state index >= 15 is 0 Å². The summed E-state index contributed by atoms with van der Waals surface area (Å²) in [5.74, 6) is -0.379. The van der Waals surface area contributed by atoms with Crippen molar-refractivity contribution in [3.8, 4) is 11.5 Å². The quantitative estimate of drug-likeness (QED) is 0.178. The Hall–Kier alpha value is -5.17. The number of amides is 4. The fraction of sp³-hybridized carbons (Fsp3) is 0.147. The van der Waals surface area contributed by atoms with Crippen LogP contribution in [-0.2, 0) is 16.2 Å². The molecule has 0 aromatic heterocycles. The normalized spacial score (nSPS) is 13.4. The molecule has 0 N–H and O–H groups in total. The summed E-state index contributed by atoms with van der Waals surface area (Å²) in [6.07, 6.45) is 1.48. The molecule has 7 nitrogen and oxygen atoms in total. The Morgan fingerprint density at radius 3 is 1.83 bits per heavy atom. The van der Waals surface area contributed by atoms with Gasteiger partial charge in [0.1, 0.15) is 12.2 Å². The molecule has 5 rings (SSSR count). The van der Waals surface area contributed by atoms with Crippen LogP contribution in [-0.4, -0.2) is 24.5 Å². The predicted molar refractivity (Wildman–Crippen MR) is 159 cm³/mol. The van der Waals surface area contributed by atoms with Crippen molar-refractivity contribution in [1.82, 2.24) is 0 Å². The van der Waals surface area contributed by atoms with Crippen molar-refractivity contribution in [2.24, 2.45) is 0 Å². The Kier molecular flexibility index (Phi) is 7.97. The summed E-state index contributed by atoms with van der Waals surface area (Å²) in [6.45, 7) is 6.75. The smallest absolute Gasteiger partial charge is 0.343 e. The average molecular weight is 547 g/mol. The highest BCUT2D eigenvalue weighted by atomic mass is 16.5. The standard InChI is InChI=1S/C34H30N2O5/c1-4-40-31-21-25(17-18-30(31)41-22-26-16-15-23(2)24(3)19-26)20-29-32(37)35(27-11-7-5-8-12-27)34(39)36(33(29)38)28-13-9-6-10-14-28/h5-21H,4,22H2,1-3H3. The van der Waals surface area contributed by atoms with E-state index in [0.717, 1.165) is 15.4 Å². The monoisotopic (exact) mass is 546 g/mol. The Morgan fingerprint density at radius 2 is 1.27 bits per heavy atom. The summed E-state index contributed by atoms with van der Waals surface area (Å²) in [5.41, 5.74) is 4.58. The molecule has 4 aromatic carbocycles. The first-order valence-corrected chi connectivity index (χ1v) is 13.4. The molecular weight excluding hydrogens is 516 g/mol. The van der Waals surface area contributed by atoms with Gasteiger partial charge in [-0.2, -0.15) is 0 Å². The van der Waals surface area contributed by atoms with Crippen LogP contribution in [0.1, 0.15) is 29.2 Å². The lowest BCUT2D eigenvalue weighted by molar-refractivity contribution is -0.121. The average Bonchev–Trinajstić information content (AvgIpc) is 2.98. The summed E-state index contributed by atoms with van der Waals surface area (Å²) in [5, 5.41) is 0. The number of benzene rings is 4. The molecule has 1 aliphatic heterocycles. The highest BCUT2D eigenvalue weighted by molar-refractivity contribution is 6.46. The Labute approximate surface area is 239 Å². The second-order valence-electron chi connectivity index (χ2n) is 9.64. The molecule has 0 unspecified atom stereocenters. The van der Waals surface area contributed by atoms with Gasteiger partial charge in [0.15, 0.2) is 11.5 Å². The van der Waals surface area contributed by atoms with Crippen LogP contribution in [0.4, 0.5) is 16.2 Å². The number of aryl methyl sites for hydroxylation is 2. The van der Waals surface area contributed by atoms with Gasteiger partial charge in [0.25, 0.3) is 11.8 Å². The van der Waals surface area contributed by atoms with E-state index in [9.17, 15) is 14.4 Å². The van der Waals surface area contributed by atoms with Gasteiger partial charge in [-0.05, 0) is 85.5 Å². The molecule has 206 valence electrons. The van der Waals surface area contributed by atoms with E-state index in [-0.39, 0.29) is 5.57 Å². The zero-order valence-electron chi connectivity index (χ0n) is 23.2. The maximum Gasteiger partial charge on any atom is 0.343 e. The van der Waals surface area contributed by atoms with Crippen LogP contribution in [0.3, 0.4) is 0 Å². The second kappa shape index (κ2) is 11.9. The van der Waals surface area contributed by atoms with Gasteiger partial charge < -0.3 is 9.47 Å². The molecule has 0 radical (unpaired) electrons. The summed E-state index contributed by atoms with van der Waals surface area (Å²) in [7, 11) is 0. The van der Waals surface area contributed by atoms with Crippen molar-refractivity contribution in [2.45, 2.75) is 27.4 Å². The lowest BCUT2D eigenvalue weighted by atomic mass is 10.0. The zero-order chi connectivity index (χ0) is 28.9. The molecule has 1 heterocycles. The van der Waals surface area contributed by atoms with Crippen LogP contribution < -0.4 is 19.3 Å². The number of nitrogens with zero attached hydrogens (tertiary/aromatic N) is 2. The second-order valence-corrected chi connectivity index (χ2v) is 9.64. The topological polar surface area (TPSA) is 76.2 Å². The van der Waals surface area contributed by atoms with E-state index in [2.05, 4.69) is 26.0 Å². The van der Waals surface area contributed by atoms with Gasteiger partial charge in [0.2, 0.25) is 0 Å². The van der Waals surface area contributed by atoms with Crippen LogP contribution in [0.2, 0.25) is 0 Å². The zero-order valence-corrected chi connectivity index (χ0v) is 23.2. The molecule has 0 aliphatic carbocycles. The molecule has 4 amide bonds. The maximum absolute atomic E-state index is 13.6. The first kappa shape index (κ1) is 27.4. The van der Waals surface area contributed by atoms with Crippen LogP contribution in [0.15, 0.2) is 103 Å². The number of imide groups is 2. The minimum atomic E-state index is -0.736. The maximum atomic E-state index is 13.6. The van der Waals surface area contributed by atoms with Crippen molar-refractivity contribution < 1.29 is 23.9 Å². The predicted octanol–water partition coefficient (Wildman–Crippen LogP) is 6.86. The van der Waals surface area contributed by atoms with Gasteiger partial charge in [-0.25, -0.2) is 14.6 Å². The van der Waals surface area contributed by atoms with Crippen LogP contribution in [0.5, 0.6) is 11.5 Å². The number of hydrogen-bond donors (Lipinski definition) is 0. The minimum absolute atomic E-state index is 0.149. The van der Waals surface area contributed by atoms with Crippen molar-refractivity contribution >= 4 is 35.3 Å². The van der Waals surface area contributed by atoms with E-state index in [4.69, 9.17) is 9.47 Å². The Balaban J connectivity index is 1.50. The molecule has 7 heteroatoms. The third kappa shape index (κ3) is 5.75. The van der Waals surface area contributed by atoms with Gasteiger partial charge >= 0.3 is 6.03 Å². The molecule has 0 bridgehead atoms. The number of para-hydroxylation sites is 2. The number of barbiturate groups is 1. The summed E-state index contributed by atoms with van der Waals surface area (Å²) < 4.78 is 11.9. The summed E-state index contributed by atoms with van der Waals surface area (Å²) >= 11 is 0. The Bertz CT molecular complexity index is 1570. The third-order valence-corrected chi connectivity index (χ3v) is 6.82. The highest BCUT2D eigenvalue weighted by Gasteiger charge is 2.43. The summed E-state index contributed by atoms with van der Waals surface area (Å²) in [4.78, 5) is 42.8. The molecule has 4 aromatic rings. The van der Waals surface area contributed by atoms with Crippen LogP contribution in [0.25, 0.3) is 6.08 Å². The fourth-order valence-electron chi connectivity index (χ4n) is 4.56. The van der Waals surface area contributed by atoms with Crippen molar-refractivity contribution in [3.63, 3.8) is 0 Å². The number of rotatable bonds is 8. The van der Waals surface area contributed by atoms with Crippen molar-refractivity contribution in [1.29, 1.82) is 0 Å². The SMILES string of the molecule is CCOc1cc(C=C2C(=O)N(c3ccccc3)C(=O)N(c3ccccc3)C2=O)ccc1OCc1ccc(C)c(C)c1. The van der Waals surface area contributed by atoms with Gasteiger partial charge in [0.05, 0.1) is 18.0 Å². The lowest BCUT2D eigenvalue weighted by Crippen LogP contribution is -2.57. The largest absolute Gasteiger partial charge is 0.490 e. The molecule has 0 spiro atoms. The van der Waals surface area contributed by atoms with Gasteiger partial charge in [-0.1, -0.05) is 60.7 Å². The number of carbonyl (C=O) groups is 3. The number of carbonyl (C=O) groups excluding carboxylic acids is 3. The molecule has 1 aliphatic rings. The molecule has 0 atom stereocenters. The van der Waals surface area contributed by atoms with Crippen molar-refractivity contribution in [3.05, 3.63) is 125 Å². The number of anilines is 2. The van der Waals surface area contributed by atoms with Gasteiger partial charge in [-0.15, -0.1) is 0 Å². The van der Waals surface area contributed by atoms with Crippen molar-refractivity contribution in [2.75, 3.05) is 16.4 Å². The number of urea groups is 1. The summed E-state index contributed by atoms with van der Waals surface area (Å²) in [6, 6.07) is 27.8. The van der Waals surface area contributed by atoms with E-state index in [1.165, 1.54) is 17.2 Å². The molecule has 1 fully saturated rings. The van der Waals surface area contributed by atoms with E-state index in [0.29, 0.717) is 41.7 Å². The molecule has 1 saturated heterocycles. The van der Waals surface area contributed by atoms with Gasteiger partial charge in [-0.3, -0.25) is 9.59 Å². The minimum Gasteiger partial charge on any atom is -0.490 e. The van der Waals surface area contributed by atoms with Crippen LogP contribution in [0, 0.1) is 13.8 Å². The fourth-order valence-corrected chi connectivity index (χ4v) is 4.56. The van der Waals surface area contributed by atoms with E-state index < -0.39 is 17.8 Å². The first-order valence-electron chi connectivity index (χ1n) is 13.4. The van der Waals surface area contributed by atoms with E-state index in [1.54, 1.807) is 78.9 Å². The first-order chi connectivity index (χ1) is 19.9. The third-order valence-electron chi connectivity index (χ3n) is 6.82. The van der Waals surface area contributed by atoms with E-state index in [1.807, 2.05) is 13.0 Å². The van der Waals surface area contributed by atoms with Gasteiger partial charge in [0, 0.05) is 0 Å².